The molecule has 2 heterocycles. The van der Waals surface area contributed by atoms with E-state index in [4.69, 9.17) is 0 Å². The third-order valence-corrected chi connectivity index (χ3v) is 7.14. The summed E-state index contributed by atoms with van der Waals surface area (Å²) in [5.41, 5.74) is 3.18. The highest BCUT2D eigenvalue weighted by atomic mass is 35.5. The fraction of sp³-hybridized carbons (Fsp3) is 0.409. The molecule has 0 aromatic heterocycles. The molecule has 1 fully saturated rings. The monoisotopic (exact) mass is 449 g/mol. The van der Waals surface area contributed by atoms with Gasteiger partial charge in [0.1, 0.15) is 0 Å². The van der Waals surface area contributed by atoms with E-state index in [9.17, 15) is 13.2 Å². The number of nitrogens with zero attached hydrogens (tertiary/aromatic N) is 1. The summed E-state index contributed by atoms with van der Waals surface area (Å²) < 4.78 is 24.8. The molecule has 0 spiro atoms. The van der Waals surface area contributed by atoms with Crippen LogP contribution in [0.4, 0.5) is 0 Å². The van der Waals surface area contributed by atoms with Gasteiger partial charge >= 0.3 is 0 Å². The maximum atomic E-state index is 13.0. The van der Waals surface area contributed by atoms with Gasteiger partial charge in [-0.2, -0.15) is 0 Å². The third-order valence-electron chi connectivity index (χ3n) is 5.84. The van der Waals surface area contributed by atoms with Gasteiger partial charge in [0.05, 0.1) is 6.26 Å². The number of halogens is 1. The fourth-order valence-corrected chi connectivity index (χ4v) is 5.11. The Morgan fingerprint density at radius 2 is 1.80 bits per heavy atom. The number of amides is 1. The van der Waals surface area contributed by atoms with Crippen LogP contribution >= 0.6 is 12.4 Å². The number of rotatable bonds is 4. The number of carbonyl (C=O) groups is 1. The summed E-state index contributed by atoms with van der Waals surface area (Å²) in [6.45, 7) is 2.74. The summed E-state index contributed by atoms with van der Waals surface area (Å²) in [6.07, 6.45) is 5.70. The van der Waals surface area contributed by atoms with Crippen LogP contribution in [0.5, 0.6) is 0 Å². The molecule has 0 aliphatic carbocycles. The molecular formula is C22H28ClN3O3S. The lowest BCUT2D eigenvalue weighted by Gasteiger charge is -2.30. The maximum absolute atomic E-state index is 13.0. The number of nitrogens with one attached hydrogen (secondary N) is 2. The van der Waals surface area contributed by atoms with E-state index in [-0.39, 0.29) is 24.4 Å². The van der Waals surface area contributed by atoms with Crippen LogP contribution < -0.4 is 10.6 Å². The van der Waals surface area contributed by atoms with Gasteiger partial charge in [0, 0.05) is 31.2 Å². The van der Waals surface area contributed by atoms with E-state index in [1.807, 2.05) is 24.3 Å². The van der Waals surface area contributed by atoms with Crippen LogP contribution in [0.3, 0.4) is 0 Å². The van der Waals surface area contributed by atoms with Crippen LogP contribution in [0.1, 0.15) is 35.2 Å². The summed E-state index contributed by atoms with van der Waals surface area (Å²) in [7, 11) is -3.16. The minimum atomic E-state index is -3.16. The van der Waals surface area contributed by atoms with E-state index < -0.39 is 10.0 Å². The quantitative estimate of drug-likeness (QED) is 0.752. The number of fused-ring (bicyclic) bond motifs is 1. The summed E-state index contributed by atoms with van der Waals surface area (Å²) in [6, 6.07) is 12.0. The molecular weight excluding hydrogens is 422 g/mol. The molecule has 0 radical (unpaired) electrons. The Labute approximate surface area is 184 Å². The van der Waals surface area contributed by atoms with Crippen LogP contribution in [0.15, 0.2) is 42.5 Å². The highest BCUT2D eigenvalue weighted by Crippen LogP contribution is 2.30. The highest BCUT2D eigenvalue weighted by molar-refractivity contribution is 7.88. The smallest absolute Gasteiger partial charge is 0.252 e. The van der Waals surface area contributed by atoms with E-state index in [0.29, 0.717) is 31.5 Å². The normalized spacial score (nSPS) is 18.5. The minimum absolute atomic E-state index is 0. The molecule has 2 aliphatic rings. The van der Waals surface area contributed by atoms with Crippen molar-refractivity contribution in [1.29, 1.82) is 0 Å². The molecule has 2 aromatic carbocycles. The van der Waals surface area contributed by atoms with Crippen LogP contribution in [0, 0.1) is 0 Å². The second kappa shape index (κ2) is 9.47. The predicted molar refractivity (Wildman–Crippen MR) is 124 cm³/mol. The average Bonchev–Trinajstić information content (AvgIpc) is 2.73. The zero-order chi connectivity index (χ0) is 20.4. The number of hydrogen-bond acceptors (Lipinski definition) is 4. The summed E-state index contributed by atoms with van der Waals surface area (Å²) in [4.78, 5) is 13.0. The number of sulfonamides is 1. The van der Waals surface area contributed by atoms with Crippen molar-refractivity contribution < 1.29 is 13.2 Å². The molecule has 30 heavy (non-hydrogen) atoms. The molecule has 2 N–H and O–H groups in total. The van der Waals surface area contributed by atoms with Gasteiger partial charge in [-0.15, -0.1) is 12.4 Å². The Balaban J connectivity index is 0.00000256. The molecule has 0 bridgehead atoms. The van der Waals surface area contributed by atoms with Crippen LogP contribution in [0.25, 0.3) is 16.3 Å². The molecule has 0 atom stereocenters. The van der Waals surface area contributed by atoms with E-state index in [0.717, 1.165) is 30.3 Å². The van der Waals surface area contributed by atoms with Crippen molar-refractivity contribution in [3.63, 3.8) is 0 Å². The third kappa shape index (κ3) is 4.86. The first-order chi connectivity index (χ1) is 13.9. The second-order valence-electron chi connectivity index (χ2n) is 7.80. The van der Waals surface area contributed by atoms with E-state index >= 15 is 0 Å². The van der Waals surface area contributed by atoms with Crippen molar-refractivity contribution >= 4 is 44.7 Å². The van der Waals surface area contributed by atoms with Crippen molar-refractivity contribution in [3.8, 4) is 0 Å². The molecule has 0 saturated carbocycles. The standard InChI is InChI=1S/C22H27N3O3S.ClH/c1-29(27,28)25-14-10-17(11-15-25)24-22(26)21-7-6-18(16-8-12-23-13-9-16)19-4-2-3-5-20(19)21;/h2-8,17,23H,9-15H2,1H3,(H,24,26);1H. The van der Waals surface area contributed by atoms with Gasteiger partial charge < -0.3 is 10.6 Å². The summed E-state index contributed by atoms with van der Waals surface area (Å²) in [5, 5.41) is 8.50. The fourth-order valence-electron chi connectivity index (χ4n) is 4.24. The molecule has 4 rings (SSSR count). The Hall–Kier alpha value is -1.93. The van der Waals surface area contributed by atoms with Crippen molar-refractivity contribution in [2.75, 3.05) is 32.4 Å². The zero-order valence-corrected chi connectivity index (χ0v) is 18.7. The van der Waals surface area contributed by atoms with Crippen molar-refractivity contribution in [2.45, 2.75) is 25.3 Å². The van der Waals surface area contributed by atoms with Gasteiger partial charge in [0.25, 0.3) is 5.91 Å². The Bertz CT molecular complexity index is 1060. The van der Waals surface area contributed by atoms with Crippen LogP contribution in [-0.2, 0) is 10.0 Å². The van der Waals surface area contributed by atoms with E-state index in [2.05, 4.69) is 28.8 Å². The molecule has 0 unspecified atom stereocenters. The molecule has 1 amide bonds. The zero-order valence-electron chi connectivity index (χ0n) is 17.1. The molecule has 8 heteroatoms. The van der Waals surface area contributed by atoms with Gasteiger partial charge in [-0.3, -0.25) is 4.79 Å². The first kappa shape index (κ1) is 22.7. The van der Waals surface area contributed by atoms with Crippen molar-refractivity contribution in [3.05, 3.63) is 53.6 Å². The Morgan fingerprint density at radius 1 is 1.10 bits per heavy atom. The summed E-state index contributed by atoms with van der Waals surface area (Å²) >= 11 is 0. The second-order valence-corrected chi connectivity index (χ2v) is 9.78. The largest absolute Gasteiger partial charge is 0.349 e. The maximum Gasteiger partial charge on any atom is 0.252 e. The lowest BCUT2D eigenvalue weighted by atomic mass is 9.92. The van der Waals surface area contributed by atoms with Gasteiger partial charge in [-0.05, 0) is 53.8 Å². The molecule has 2 aliphatic heterocycles. The Morgan fingerprint density at radius 3 is 2.43 bits per heavy atom. The number of benzene rings is 2. The lowest BCUT2D eigenvalue weighted by molar-refractivity contribution is 0.0925. The average molecular weight is 450 g/mol. The predicted octanol–water partition coefficient (Wildman–Crippen LogP) is 2.79. The highest BCUT2D eigenvalue weighted by Gasteiger charge is 2.26. The first-order valence-electron chi connectivity index (χ1n) is 10.1. The SMILES string of the molecule is CS(=O)(=O)N1CCC(NC(=O)c2ccc(C3=CCNCC3)c3ccccc23)CC1.Cl. The number of piperidine rings is 1. The summed E-state index contributed by atoms with van der Waals surface area (Å²) in [5.74, 6) is -0.0927. The Kier molecular flexibility index (Phi) is 7.18. The van der Waals surface area contributed by atoms with E-state index in [1.54, 1.807) is 0 Å². The van der Waals surface area contributed by atoms with Crippen LogP contribution in [-0.4, -0.2) is 57.1 Å². The van der Waals surface area contributed by atoms with E-state index in [1.165, 1.54) is 21.7 Å². The molecule has 1 saturated heterocycles. The van der Waals surface area contributed by atoms with Gasteiger partial charge in [0.15, 0.2) is 0 Å². The van der Waals surface area contributed by atoms with Gasteiger partial charge in [-0.1, -0.05) is 36.4 Å². The number of carbonyl (C=O) groups excluding carboxylic acids is 1. The lowest BCUT2D eigenvalue weighted by Crippen LogP contribution is -2.46. The topological polar surface area (TPSA) is 78.5 Å². The molecule has 162 valence electrons. The van der Waals surface area contributed by atoms with Crippen molar-refractivity contribution in [2.24, 2.45) is 0 Å². The minimum Gasteiger partial charge on any atom is -0.349 e. The van der Waals surface area contributed by atoms with Gasteiger partial charge in [-0.25, -0.2) is 12.7 Å². The van der Waals surface area contributed by atoms with Crippen molar-refractivity contribution in [1.82, 2.24) is 14.9 Å². The molecule has 6 nitrogen and oxygen atoms in total. The van der Waals surface area contributed by atoms with Crippen LogP contribution in [0.2, 0.25) is 0 Å². The first-order valence-corrected chi connectivity index (χ1v) is 12.0. The number of hydrogen-bond donors (Lipinski definition) is 2. The van der Waals surface area contributed by atoms with Gasteiger partial charge in [0.2, 0.25) is 10.0 Å². The molecule has 2 aromatic rings.